The Morgan fingerprint density at radius 1 is 1.20 bits per heavy atom. The van der Waals surface area contributed by atoms with Gasteiger partial charge in [-0.15, -0.1) is 5.10 Å². The first kappa shape index (κ1) is 19.8. The number of aromatic amines is 1. The Morgan fingerprint density at radius 3 is 2.60 bits per heavy atom. The lowest BCUT2D eigenvalue weighted by Gasteiger charge is -2.09. The molecule has 0 bridgehead atoms. The first-order chi connectivity index (χ1) is 14.1. The van der Waals surface area contributed by atoms with Crippen LogP contribution >= 0.6 is 0 Å². The number of nitrogens with two attached hydrogens (primary N) is 1. The highest BCUT2D eigenvalue weighted by molar-refractivity contribution is 7.91. The molecule has 0 aliphatic heterocycles. The fourth-order valence-electron chi connectivity index (χ4n) is 2.70. The number of alkyl halides is 3. The molecule has 156 valence electrons. The first-order valence-electron chi connectivity index (χ1n) is 8.43. The molecule has 0 amide bonds. The average molecular weight is 438 g/mol. The highest BCUT2D eigenvalue weighted by Crippen LogP contribution is 2.31. The summed E-state index contributed by atoms with van der Waals surface area (Å²) >= 11 is 0. The maximum atomic E-state index is 12.9. The minimum absolute atomic E-state index is 0.0157. The normalized spacial score (nSPS) is 12.5. The highest BCUT2D eigenvalue weighted by atomic mass is 32.2. The molecule has 0 saturated carbocycles. The van der Waals surface area contributed by atoms with E-state index in [2.05, 4.69) is 30.0 Å². The molecule has 30 heavy (non-hydrogen) atoms. The topological polar surface area (TPSA) is 145 Å². The molecule has 0 aliphatic rings. The summed E-state index contributed by atoms with van der Waals surface area (Å²) in [5, 5.41) is 3.91. The van der Waals surface area contributed by atoms with Crippen LogP contribution in [-0.4, -0.2) is 48.9 Å². The van der Waals surface area contributed by atoms with Gasteiger partial charge in [-0.2, -0.15) is 13.2 Å². The molecule has 0 fully saturated rings. The summed E-state index contributed by atoms with van der Waals surface area (Å²) in [5.74, 6) is -0.0675. The van der Waals surface area contributed by atoms with Gasteiger partial charge in [0.15, 0.2) is 21.5 Å². The molecule has 14 heteroatoms. The van der Waals surface area contributed by atoms with Gasteiger partial charge in [0.25, 0.3) is 0 Å². The van der Waals surface area contributed by atoms with Gasteiger partial charge < -0.3 is 10.7 Å². The van der Waals surface area contributed by atoms with Crippen LogP contribution < -0.4 is 5.73 Å². The van der Waals surface area contributed by atoms with Gasteiger partial charge in [-0.3, -0.25) is 0 Å². The van der Waals surface area contributed by atoms with Gasteiger partial charge >= 0.3 is 6.18 Å². The lowest BCUT2D eigenvalue weighted by Crippen LogP contribution is -2.09. The fraction of sp³-hybridized carbons (Fsp3) is 0.188. The van der Waals surface area contributed by atoms with Gasteiger partial charge in [0, 0.05) is 0 Å². The van der Waals surface area contributed by atoms with Gasteiger partial charge in [-0.05, 0) is 18.2 Å². The predicted octanol–water partition coefficient (Wildman–Crippen LogP) is 2.00. The summed E-state index contributed by atoms with van der Waals surface area (Å²) in [7, 11) is -3.73. The smallest absolute Gasteiger partial charge is 0.366 e. The van der Waals surface area contributed by atoms with Gasteiger partial charge in [-0.25, -0.2) is 33.0 Å². The number of pyridine rings is 2. The second-order valence-electron chi connectivity index (χ2n) is 6.14. The van der Waals surface area contributed by atoms with Gasteiger partial charge in [0.05, 0.1) is 27.9 Å². The Morgan fingerprint density at radius 2 is 1.97 bits per heavy atom. The van der Waals surface area contributed by atoms with Crippen molar-refractivity contribution in [1.29, 1.82) is 0 Å². The van der Waals surface area contributed by atoms with Crippen LogP contribution in [-0.2, 0) is 16.0 Å². The van der Waals surface area contributed by atoms with Crippen molar-refractivity contribution in [2.75, 3.05) is 11.5 Å². The number of anilines is 1. The first-order valence-corrected chi connectivity index (χ1v) is 10.1. The minimum Gasteiger partial charge on any atom is -0.366 e. The third-order valence-electron chi connectivity index (χ3n) is 4.19. The lowest BCUT2D eigenvalue weighted by atomic mass is 10.3. The molecule has 0 aliphatic carbocycles. The Labute approximate surface area is 166 Å². The third-order valence-corrected chi connectivity index (χ3v) is 5.94. The van der Waals surface area contributed by atoms with Crippen LogP contribution in [0.15, 0.2) is 35.6 Å². The van der Waals surface area contributed by atoms with Crippen molar-refractivity contribution in [2.45, 2.75) is 18.0 Å². The van der Waals surface area contributed by atoms with Crippen LogP contribution in [0, 0.1) is 0 Å². The summed E-state index contributed by atoms with van der Waals surface area (Å²) in [6.45, 7) is 1.46. The second kappa shape index (κ2) is 6.76. The number of imidazole rings is 1. The second-order valence-corrected chi connectivity index (χ2v) is 8.38. The van der Waals surface area contributed by atoms with Crippen LogP contribution in [0.2, 0.25) is 0 Å². The van der Waals surface area contributed by atoms with E-state index in [1.165, 1.54) is 30.1 Å². The summed E-state index contributed by atoms with van der Waals surface area (Å²) in [4.78, 5) is 18.2. The van der Waals surface area contributed by atoms with E-state index in [9.17, 15) is 21.6 Å². The Balaban J connectivity index is 1.93. The van der Waals surface area contributed by atoms with E-state index >= 15 is 0 Å². The molecule has 4 rings (SSSR count). The number of halogens is 3. The van der Waals surface area contributed by atoms with E-state index in [1.54, 1.807) is 0 Å². The number of nitrogens with one attached hydrogen (secondary N) is 1. The zero-order valence-corrected chi connectivity index (χ0v) is 16.0. The average Bonchev–Trinajstić information content (AvgIpc) is 3.32. The molecule has 0 atom stereocenters. The maximum Gasteiger partial charge on any atom is 0.433 e. The minimum atomic E-state index is -4.64. The molecule has 0 aromatic carbocycles. The lowest BCUT2D eigenvalue weighted by molar-refractivity contribution is -0.141. The Hall–Kier alpha value is -3.55. The van der Waals surface area contributed by atoms with E-state index in [4.69, 9.17) is 5.73 Å². The third kappa shape index (κ3) is 3.45. The number of sulfone groups is 1. The van der Waals surface area contributed by atoms with Crippen molar-refractivity contribution in [3.05, 3.63) is 36.4 Å². The van der Waals surface area contributed by atoms with Crippen molar-refractivity contribution >= 4 is 26.8 Å². The molecule has 4 heterocycles. The van der Waals surface area contributed by atoms with Crippen molar-refractivity contribution in [3.8, 4) is 17.3 Å². The maximum absolute atomic E-state index is 12.9. The molecule has 4 aromatic heterocycles. The zero-order chi connectivity index (χ0) is 21.7. The molecular formula is C16H13F3N8O2S. The fourth-order valence-corrected chi connectivity index (χ4v) is 3.73. The summed E-state index contributed by atoms with van der Waals surface area (Å²) in [6.07, 6.45) is -2.38. The van der Waals surface area contributed by atoms with Crippen LogP contribution in [0.25, 0.3) is 28.4 Å². The molecule has 0 radical (unpaired) electrons. The van der Waals surface area contributed by atoms with Gasteiger partial charge in [0.1, 0.15) is 17.7 Å². The monoisotopic (exact) mass is 438 g/mol. The molecule has 4 aromatic rings. The van der Waals surface area contributed by atoms with Crippen LogP contribution in [0.5, 0.6) is 0 Å². The van der Waals surface area contributed by atoms with Crippen molar-refractivity contribution in [1.82, 2.24) is 34.7 Å². The summed E-state index contributed by atoms with van der Waals surface area (Å²) in [5.41, 5.74) is 4.46. The van der Waals surface area contributed by atoms with E-state index < -0.39 is 21.7 Å². The van der Waals surface area contributed by atoms with Crippen molar-refractivity contribution < 1.29 is 21.6 Å². The number of hydrogen-bond acceptors (Lipinski definition) is 8. The molecule has 3 N–H and O–H groups in total. The largest absolute Gasteiger partial charge is 0.433 e. The number of H-pyrrole nitrogens is 1. The highest BCUT2D eigenvalue weighted by Gasteiger charge is 2.33. The zero-order valence-electron chi connectivity index (χ0n) is 15.2. The quantitative estimate of drug-likeness (QED) is 0.492. The van der Waals surface area contributed by atoms with Crippen LogP contribution in [0.4, 0.5) is 19.1 Å². The molecule has 0 unspecified atom stereocenters. The number of nitrogens with zero attached hydrogens (tertiary/aromatic N) is 6. The SMILES string of the molecule is CCS(=O)(=O)c1ccc(-n2cnc(N)n2)nc1-c1nc2cc(C(F)(F)F)ncc2[nH]1. The number of fused-ring (bicyclic) bond motifs is 1. The van der Waals surface area contributed by atoms with E-state index in [-0.39, 0.29) is 45.0 Å². The summed E-state index contributed by atoms with van der Waals surface area (Å²) < 4.78 is 65.1. The molecular weight excluding hydrogens is 425 g/mol. The predicted molar refractivity (Wildman–Crippen MR) is 99.2 cm³/mol. The number of nitrogen functional groups attached to an aromatic ring is 1. The summed E-state index contributed by atoms with van der Waals surface area (Å²) in [6, 6.07) is 3.50. The molecule has 10 nitrogen and oxygen atoms in total. The van der Waals surface area contributed by atoms with Crippen molar-refractivity contribution in [3.63, 3.8) is 0 Å². The molecule has 0 saturated heterocycles. The molecule has 0 spiro atoms. The number of aromatic nitrogens is 7. The van der Waals surface area contributed by atoms with Crippen molar-refractivity contribution in [2.24, 2.45) is 0 Å². The number of hydrogen-bond donors (Lipinski definition) is 2. The van der Waals surface area contributed by atoms with E-state index in [1.807, 2.05) is 0 Å². The van der Waals surface area contributed by atoms with Gasteiger partial charge in [0.2, 0.25) is 5.95 Å². The van der Waals surface area contributed by atoms with E-state index in [0.29, 0.717) is 0 Å². The van der Waals surface area contributed by atoms with Crippen LogP contribution in [0.1, 0.15) is 12.6 Å². The Kier molecular flexibility index (Phi) is 4.45. The van der Waals surface area contributed by atoms with Gasteiger partial charge in [-0.1, -0.05) is 6.92 Å². The Bertz CT molecular complexity index is 1360. The van der Waals surface area contributed by atoms with Crippen LogP contribution in [0.3, 0.4) is 0 Å². The van der Waals surface area contributed by atoms with E-state index in [0.717, 1.165) is 12.3 Å². The standard InChI is InChI=1S/C16H13F3N8O2S/c1-2-30(28,29)10-3-4-12(27-7-22-15(20)26-27)25-13(10)14-23-8-5-11(16(17,18)19)21-6-9(8)24-14/h3-7H,2H2,1H3,(H2,20,26)(H,23,24). The number of rotatable bonds is 4.